The van der Waals surface area contributed by atoms with Crippen molar-refractivity contribution in [3.8, 4) is 0 Å². The van der Waals surface area contributed by atoms with Gasteiger partial charge < -0.3 is 10.6 Å². The number of likely N-dealkylation sites (N-methyl/N-ethyl adjacent to an activating group) is 1. The predicted molar refractivity (Wildman–Crippen MR) is 72.0 cm³/mol. The van der Waals surface area contributed by atoms with Crippen LogP contribution in [-0.4, -0.2) is 24.5 Å². The number of nitrogens with one attached hydrogen (secondary N) is 2. The summed E-state index contributed by atoms with van der Waals surface area (Å²) in [6.45, 7) is 7.54. The minimum absolute atomic E-state index is 0.116. The smallest absolute Gasteiger partial charge is 0.239 e. The maximum Gasteiger partial charge on any atom is 0.239 e. The van der Waals surface area contributed by atoms with Gasteiger partial charge in [0.2, 0.25) is 5.91 Å². The van der Waals surface area contributed by atoms with Crippen LogP contribution in [0.15, 0.2) is 0 Å². The Kier molecular flexibility index (Phi) is 5.96. The molecule has 1 aliphatic rings. The largest absolute Gasteiger partial charge is 0.355 e. The van der Waals surface area contributed by atoms with Gasteiger partial charge in [-0.25, -0.2) is 0 Å². The molecule has 3 heteroatoms. The van der Waals surface area contributed by atoms with Gasteiger partial charge in [-0.1, -0.05) is 32.6 Å². The van der Waals surface area contributed by atoms with E-state index in [1.165, 1.54) is 32.1 Å². The first-order valence-electron chi connectivity index (χ1n) is 7.09. The number of amides is 1. The van der Waals surface area contributed by atoms with Crippen LogP contribution < -0.4 is 10.6 Å². The van der Waals surface area contributed by atoms with E-state index in [4.69, 9.17) is 0 Å². The average molecular weight is 240 g/mol. The van der Waals surface area contributed by atoms with Crippen molar-refractivity contribution in [2.75, 3.05) is 13.1 Å². The average Bonchev–Trinajstić information content (AvgIpc) is 2.76. The van der Waals surface area contributed by atoms with Crippen molar-refractivity contribution < 1.29 is 4.79 Å². The molecule has 0 unspecified atom stereocenters. The van der Waals surface area contributed by atoms with E-state index in [0.717, 1.165) is 25.4 Å². The van der Waals surface area contributed by atoms with Gasteiger partial charge in [0.15, 0.2) is 0 Å². The summed E-state index contributed by atoms with van der Waals surface area (Å²) >= 11 is 0. The first kappa shape index (κ1) is 14.5. The number of hydrogen-bond donors (Lipinski definition) is 2. The monoisotopic (exact) mass is 240 g/mol. The van der Waals surface area contributed by atoms with E-state index >= 15 is 0 Å². The third-order valence-corrected chi connectivity index (χ3v) is 3.74. The number of carbonyl (C=O) groups excluding carboxylic acids is 1. The minimum atomic E-state index is -0.442. The molecule has 0 saturated heterocycles. The SMILES string of the molecule is CCNC(C)(C)C(=O)NCCCC1CCCC1. The zero-order valence-corrected chi connectivity index (χ0v) is 11.6. The van der Waals surface area contributed by atoms with Crippen molar-refractivity contribution in [3.05, 3.63) is 0 Å². The summed E-state index contributed by atoms with van der Waals surface area (Å²) in [4.78, 5) is 11.9. The molecule has 1 rings (SSSR count). The third kappa shape index (κ3) is 5.07. The van der Waals surface area contributed by atoms with Gasteiger partial charge >= 0.3 is 0 Å². The van der Waals surface area contributed by atoms with Crippen LogP contribution in [0.3, 0.4) is 0 Å². The van der Waals surface area contributed by atoms with Crippen LogP contribution in [0.4, 0.5) is 0 Å². The van der Waals surface area contributed by atoms with E-state index in [1.54, 1.807) is 0 Å². The Morgan fingerprint density at radius 3 is 2.53 bits per heavy atom. The minimum Gasteiger partial charge on any atom is -0.355 e. The first-order valence-corrected chi connectivity index (χ1v) is 7.09. The zero-order valence-electron chi connectivity index (χ0n) is 11.6. The quantitative estimate of drug-likeness (QED) is 0.671. The third-order valence-electron chi connectivity index (χ3n) is 3.74. The van der Waals surface area contributed by atoms with E-state index in [0.29, 0.717) is 0 Å². The van der Waals surface area contributed by atoms with E-state index < -0.39 is 5.54 Å². The van der Waals surface area contributed by atoms with Gasteiger partial charge in [0, 0.05) is 6.54 Å². The highest BCUT2D eigenvalue weighted by Gasteiger charge is 2.25. The van der Waals surface area contributed by atoms with Crippen molar-refractivity contribution in [3.63, 3.8) is 0 Å². The highest BCUT2D eigenvalue weighted by molar-refractivity contribution is 5.85. The van der Waals surface area contributed by atoms with Crippen LogP contribution in [0.5, 0.6) is 0 Å². The molecule has 0 spiro atoms. The zero-order chi connectivity index (χ0) is 12.7. The van der Waals surface area contributed by atoms with Crippen LogP contribution in [0.1, 0.15) is 59.3 Å². The van der Waals surface area contributed by atoms with Gasteiger partial charge in [-0.3, -0.25) is 4.79 Å². The fraction of sp³-hybridized carbons (Fsp3) is 0.929. The molecule has 17 heavy (non-hydrogen) atoms. The highest BCUT2D eigenvalue weighted by Crippen LogP contribution is 2.28. The lowest BCUT2D eigenvalue weighted by Crippen LogP contribution is -2.52. The summed E-state index contributed by atoms with van der Waals surface area (Å²) in [5, 5.41) is 6.22. The van der Waals surface area contributed by atoms with Crippen LogP contribution in [0, 0.1) is 5.92 Å². The molecule has 1 saturated carbocycles. The molecule has 0 aromatic carbocycles. The Morgan fingerprint density at radius 2 is 1.94 bits per heavy atom. The van der Waals surface area contributed by atoms with Crippen LogP contribution in [0.25, 0.3) is 0 Å². The predicted octanol–water partition coefficient (Wildman–Crippen LogP) is 2.46. The van der Waals surface area contributed by atoms with E-state index in [1.807, 2.05) is 20.8 Å². The first-order chi connectivity index (χ1) is 8.06. The Hall–Kier alpha value is -0.570. The maximum absolute atomic E-state index is 11.9. The standard InChI is InChI=1S/C14H28N2O/c1-4-16-14(2,3)13(17)15-11-7-10-12-8-5-6-9-12/h12,16H,4-11H2,1-3H3,(H,15,17). The molecule has 0 aromatic rings. The fourth-order valence-electron chi connectivity index (χ4n) is 2.63. The molecule has 1 amide bonds. The van der Waals surface area contributed by atoms with Crippen molar-refractivity contribution in [2.45, 2.75) is 64.8 Å². The van der Waals surface area contributed by atoms with Gasteiger partial charge in [0.05, 0.1) is 5.54 Å². The van der Waals surface area contributed by atoms with Gasteiger partial charge in [-0.05, 0) is 39.2 Å². The molecule has 0 atom stereocenters. The summed E-state index contributed by atoms with van der Waals surface area (Å²) in [6, 6.07) is 0. The molecule has 0 bridgehead atoms. The Morgan fingerprint density at radius 1 is 1.29 bits per heavy atom. The summed E-state index contributed by atoms with van der Waals surface area (Å²) < 4.78 is 0. The molecule has 2 N–H and O–H groups in total. The van der Waals surface area contributed by atoms with Gasteiger partial charge in [-0.15, -0.1) is 0 Å². The second-order valence-electron chi connectivity index (χ2n) is 5.70. The Balaban J connectivity index is 2.10. The van der Waals surface area contributed by atoms with E-state index in [9.17, 15) is 4.79 Å². The van der Waals surface area contributed by atoms with Crippen LogP contribution in [0.2, 0.25) is 0 Å². The van der Waals surface area contributed by atoms with Gasteiger partial charge in [0.25, 0.3) is 0 Å². The molecular weight excluding hydrogens is 212 g/mol. The molecule has 0 aliphatic heterocycles. The summed E-state index contributed by atoms with van der Waals surface area (Å²) in [7, 11) is 0. The second-order valence-corrected chi connectivity index (χ2v) is 5.70. The normalized spacial score (nSPS) is 17.4. The molecule has 0 heterocycles. The fourth-order valence-corrected chi connectivity index (χ4v) is 2.63. The molecule has 0 radical (unpaired) electrons. The van der Waals surface area contributed by atoms with Crippen molar-refractivity contribution in [1.82, 2.24) is 10.6 Å². The summed E-state index contributed by atoms with van der Waals surface area (Å²) in [6.07, 6.45) is 8.02. The van der Waals surface area contributed by atoms with Crippen molar-refractivity contribution in [1.29, 1.82) is 0 Å². The number of rotatable bonds is 7. The molecule has 1 aliphatic carbocycles. The van der Waals surface area contributed by atoms with E-state index in [-0.39, 0.29) is 5.91 Å². The molecular formula is C14H28N2O. The van der Waals surface area contributed by atoms with Gasteiger partial charge in [-0.2, -0.15) is 0 Å². The lowest BCUT2D eigenvalue weighted by Gasteiger charge is -2.24. The highest BCUT2D eigenvalue weighted by atomic mass is 16.2. The molecule has 0 aromatic heterocycles. The lowest BCUT2D eigenvalue weighted by atomic mass is 10.0. The van der Waals surface area contributed by atoms with Crippen LogP contribution in [-0.2, 0) is 4.79 Å². The second kappa shape index (κ2) is 7.00. The summed E-state index contributed by atoms with van der Waals surface area (Å²) in [5.74, 6) is 1.04. The molecule has 100 valence electrons. The Labute approximate surface area is 106 Å². The van der Waals surface area contributed by atoms with E-state index in [2.05, 4.69) is 10.6 Å². The lowest BCUT2D eigenvalue weighted by molar-refractivity contribution is -0.126. The van der Waals surface area contributed by atoms with Gasteiger partial charge in [0.1, 0.15) is 0 Å². The summed E-state index contributed by atoms with van der Waals surface area (Å²) in [5.41, 5.74) is -0.442. The molecule has 1 fully saturated rings. The van der Waals surface area contributed by atoms with Crippen molar-refractivity contribution in [2.24, 2.45) is 5.92 Å². The van der Waals surface area contributed by atoms with Crippen LogP contribution >= 0.6 is 0 Å². The molecule has 3 nitrogen and oxygen atoms in total. The number of hydrogen-bond acceptors (Lipinski definition) is 2. The number of carbonyl (C=O) groups is 1. The topological polar surface area (TPSA) is 41.1 Å². The Bertz CT molecular complexity index is 232. The maximum atomic E-state index is 11.9. The van der Waals surface area contributed by atoms with Crippen molar-refractivity contribution >= 4 is 5.91 Å².